The molecule has 1 saturated heterocycles. The maximum Gasteiger partial charge on any atom is 0.314 e. The van der Waals surface area contributed by atoms with Crippen LogP contribution in [0.1, 0.15) is 27.7 Å². The van der Waals surface area contributed by atoms with Crippen molar-refractivity contribution in [2.45, 2.75) is 51.9 Å². The first-order chi connectivity index (χ1) is 12.3. The Balaban J connectivity index is 2.50. The number of hydrogen-bond acceptors (Lipinski definition) is 6. The van der Waals surface area contributed by atoms with Gasteiger partial charge in [0.2, 0.25) is 5.91 Å². The molecular formula is C19H28N2O5. The largest absolute Gasteiger partial charge is 0.469 e. The first-order valence-corrected chi connectivity index (χ1v) is 8.85. The number of hydroxylamine groups is 1. The molecule has 0 radical (unpaired) electrons. The third-order valence-electron chi connectivity index (χ3n) is 4.53. The lowest BCUT2D eigenvalue weighted by Crippen LogP contribution is -2.54. The van der Waals surface area contributed by atoms with Crippen LogP contribution in [0.15, 0.2) is 30.3 Å². The molecule has 7 nitrogen and oxygen atoms in total. The van der Waals surface area contributed by atoms with Crippen molar-refractivity contribution in [3.63, 3.8) is 0 Å². The normalized spacial score (nSPS) is 22.8. The standard InChI is InChI=1S/C19H28N2O5/c1-12(2)20(13(3)4)18(23)17-16(19(24)25-5)15(11-22)26-21(17)14-9-7-6-8-10-14/h6-10,12-13,15-17,22H,11H2,1-5H3/t15-,16?,17-/m0/s1. The molecular weight excluding hydrogens is 336 g/mol. The fourth-order valence-electron chi connectivity index (χ4n) is 3.50. The molecule has 1 heterocycles. The predicted octanol–water partition coefficient (Wildman–Crippen LogP) is 1.60. The number of nitrogens with zero attached hydrogens (tertiary/aromatic N) is 2. The van der Waals surface area contributed by atoms with Crippen molar-refractivity contribution in [3.8, 4) is 0 Å². The topological polar surface area (TPSA) is 79.3 Å². The molecule has 1 unspecified atom stereocenters. The summed E-state index contributed by atoms with van der Waals surface area (Å²) in [6.07, 6.45) is -0.849. The van der Waals surface area contributed by atoms with Crippen LogP contribution in [0, 0.1) is 5.92 Å². The molecule has 144 valence electrons. The van der Waals surface area contributed by atoms with E-state index in [0.717, 1.165) is 0 Å². The van der Waals surface area contributed by atoms with Crippen LogP contribution in [0.25, 0.3) is 0 Å². The minimum absolute atomic E-state index is 0.0494. The number of para-hydroxylation sites is 1. The second-order valence-electron chi connectivity index (χ2n) is 6.91. The highest BCUT2D eigenvalue weighted by atomic mass is 16.7. The van der Waals surface area contributed by atoms with Gasteiger partial charge in [-0.25, -0.2) is 5.06 Å². The van der Waals surface area contributed by atoms with Crippen molar-refractivity contribution < 1.29 is 24.3 Å². The van der Waals surface area contributed by atoms with Gasteiger partial charge in [-0.3, -0.25) is 14.4 Å². The quantitative estimate of drug-likeness (QED) is 0.773. The first-order valence-electron chi connectivity index (χ1n) is 8.85. The summed E-state index contributed by atoms with van der Waals surface area (Å²) in [5.74, 6) is -1.73. The molecule has 0 aromatic heterocycles. The Kier molecular flexibility index (Phi) is 6.61. The summed E-state index contributed by atoms with van der Waals surface area (Å²) >= 11 is 0. The lowest BCUT2D eigenvalue weighted by molar-refractivity contribution is -0.151. The second-order valence-corrected chi connectivity index (χ2v) is 6.91. The number of anilines is 1. The van der Waals surface area contributed by atoms with Crippen LogP contribution in [0.3, 0.4) is 0 Å². The van der Waals surface area contributed by atoms with E-state index in [0.29, 0.717) is 5.69 Å². The molecule has 1 aromatic carbocycles. The lowest BCUT2D eigenvalue weighted by Gasteiger charge is -2.36. The number of aliphatic hydroxyl groups excluding tert-OH is 1. The Hall–Kier alpha value is -2.12. The van der Waals surface area contributed by atoms with Gasteiger partial charge in [0.1, 0.15) is 12.0 Å². The van der Waals surface area contributed by atoms with Crippen LogP contribution in [-0.2, 0) is 19.2 Å². The summed E-state index contributed by atoms with van der Waals surface area (Å²) in [5.41, 5.74) is 0.642. The van der Waals surface area contributed by atoms with E-state index in [-0.39, 0.29) is 18.0 Å². The summed E-state index contributed by atoms with van der Waals surface area (Å²) in [6.45, 7) is 7.32. The number of benzene rings is 1. The first kappa shape index (κ1) is 20.2. The second kappa shape index (κ2) is 8.51. The number of carbonyl (C=O) groups is 2. The maximum atomic E-state index is 13.4. The molecule has 1 N–H and O–H groups in total. The highest BCUT2D eigenvalue weighted by Gasteiger charge is 2.53. The molecule has 26 heavy (non-hydrogen) atoms. The van der Waals surface area contributed by atoms with Gasteiger partial charge in [-0.05, 0) is 39.8 Å². The molecule has 3 atom stereocenters. The molecule has 0 bridgehead atoms. The van der Waals surface area contributed by atoms with Gasteiger partial charge < -0.3 is 14.7 Å². The van der Waals surface area contributed by atoms with Crippen LogP contribution >= 0.6 is 0 Å². The van der Waals surface area contributed by atoms with Gasteiger partial charge in [0.05, 0.1) is 19.4 Å². The maximum absolute atomic E-state index is 13.4. The number of esters is 1. The van der Waals surface area contributed by atoms with Gasteiger partial charge in [0.25, 0.3) is 0 Å². The van der Waals surface area contributed by atoms with Gasteiger partial charge in [-0.2, -0.15) is 0 Å². The Morgan fingerprint density at radius 2 is 1.77 bits per heavy atom. The van der Waals surface area contributed by atoms with Crippen LogP contribution < -0.4 is 5.06 Å². The van der Waals surface area contributed by atoms with E-state index in [4.69, 9.17) is 9.57 Å². The van der Waals surface area contributed by atoms with Crippen LogP contribution in [0.2, 0.25) is 0 Å². The van der Waals surface area contributed by atoms with E-state index in [2.05, 4.69) is 0 Å². The van der Waals surface area contributed by atoms with Crippen molar-refractivity contribution in [1.82, 2.24) is 4.90 Å². The minimum atomic E-state index is -0.919. The van der Waals surface area contributed by atoms with Crippen LogP contribution in [-0.4, -0.2) is 59.8 Å². The lowest BCUT2D eigenvalue weighted by atomic mass is 9.93. The van der Waals surface area contributed by atoms with E-state index in [9.17, 15) is 14.7 Å². The fourth-order valence-corrected chi connectivity index (χ4v) is 3.50. The van der Waals surface area contributed by atoms with Crippen molar-refractivity contribution >= 4 is 17.6 Å². The summed E-state index contributed by atoms with van der Waals surface area (Å²) in [4.78, 5) is 33.4. The molecule has 7 heteroatoms. The Labute approximate surface area is 154 Å². The zero-order chi connectivity index (χ0) is 19.4. The smallest absolute Gasteiger partial charge is 0.314 e. The summed E-state index contributed by atoms with van der Waals surface area (Å²) < 4.78 is 4.90. The number of rotatable bonds is 6. The van der Waals surface area contributed by atoms with Gasteiger partial charge in [0, 0.05) is 12.1 Å². The molecule has 1 aliphatic heterocycles. The molecule has 1 aromatic rings. The third-order valence-corrected chi connectivity index (χ3v) is 4.53. The summed E-state index contributed by atoms with van der Waals surface area (Å²) in [5, 5.41) is 11.2. The van der Waals surface area contributed by atoms with E-state index in [1.165, 1.54) is 12.2 Å². The van der Waals surface area contributed by atoms with Crippen LogP contribution in [0.4, 0.5) is 5.69 Å². The number of ether oxygens (including phenoxy) is 1. The summed E-state index contributed by atoms with van der Waals surface area (Å²) in [7, 11) is 1.27. The third kappa shape index (κ3) is 3.83. The summed E-state index contributed by atoms with van der Waals surface area (Å²) in [6, 6.07) is 8.08. The zero-order valence-electron chi connectivity index (χ0n) is 16.0. The van der Waals surface area contributed by atoms with Crippen molar-refractivity contribution in [3.05, 3.63) is 30.3 Å². The van der Waals surface area contributed by atoms with Crippen molar-refractivity contribution in [2.24, 2.45) is 5.92 Å². The molecule has 1 fully saturated rings. The number of amides is 1. The highest BCUT2D eigenvalue weighted by molar-refractivity contribution is 5.92. The molecule has 2 rings (SSSR count). The SMILES string of the molecule is COC(=O)C1[C@H](CO)ON(c2ccccc2)[C@@H]1C(=O)N(C(C)C)C(C)C. The molecule has 1 amide bonds. The molecule has 0 aliphatic carbocycles. The highest BCUT2D eigenvalue weighted by Crippen LogP contribution is 2.35. The number of carbonyl (C=O) groups excluding carboxylic acids is 2. The molecule has 0 spiro atoms. The van der Waals surface area contributed by atoms with Crippen LogP contribution in [0.5, 0.6) is 0 Å². The van der Waals surface area contributed by atoms with Gasteiger partial charge >= 0.3 is 5.97 Å². The Morgan fingerprint density at radius 3 is 2.23 bits per heavy atom. The fraction of sp³-hybridized carbons (Fsp3) is 0.579. The Morgan fingerprint density at radius 1 is 1.19 bits per heavy atom. The molecule has 0 saturated carbocycles. The number of aliphatic hydroxyl groups is 1. The van der Waals surface area contributed by atoms with Gasteiger partial charge in [-0.15, -0.1) is 0 Å². The van der Waals surface area contributed by atoms with E-state index in [1.807, 2.05) is 45.9 Å². The van der Waals surface area contributed by atoms with Gasteiger partial charge in [0.15, 0.2) is 6.04 Å². The number of hydrogen-bond donors (Lipinski definition) is 1. The van der Waals surface area contributed by atoms with E-state index in [1.54, 1.807) is 17.0 Å². The van der Waals surface area contributed by atoms with E-state index < -0.39 is 30.6 Å². The Bertz CT molecular complexity index is 612. The average Bonchev–Trinajstić information content (AvgIpc) is 3.00. The van der Waals surface area contributed by atoms with Crippen molar-refractivity contribution in [2.75, 3.05) is 18.8 Å². The zero-order valence-corrected chi connectivity index (χ0v) is 16.0. The number of methoxy groups -OCH3 is 1. The average molecular weight is 364 g/mol. The minimum Gasteiger partial charge on any atom is -0.469 e. The monoisotopic (exact) mass is 364 g/mol. The molecule has 1 aliphatic rings. The predicted molar refractivity (Wildman–Crippen MR) is 97.3 cm³/mol. The van der Waals surface area contributed by atoms with Gasteiger partial charge in [-0.1, -0.05) is 18.2 Å². The van der Waals surface area contributed by atoms with Crippen molar-refractivity contribution in [1.29, 1.82) is 0 Å². The van der Waals surface area contributed by atoms with E-state index >= 15 is 0 Å².